The minimum Gasteiger partial charge on any atom is -0.323 e. The fraction of sp³-hybridized carbons (Fsp3) is 0.111. The molecule has 0 aliphatic carbocycles. The third-order valence-electron chi connectivity index (χ3n) is 1.76. The molecule has 1 aromatic heterocycles. The van der Waals surface area contributed by atoms with E-state index in [0.29, 0.717) is 0 Å². The van der Waals surface area contributed by atoms with E-state index in [1.807, 2.05) is 30.6 Å². The third-order valence-corrected chi connectivity index (χ3v) is 1.76. The van der Waals surface area contributed by atoms with Gasteiger partial charge in [-0.3, -0.25) is 4.79 Å². The van der Waals surface area contributed by atoms with E-state index in [1.165, 1.54) is 0 Å². The van der Waals surface area contributed by atoms with Crippen LogP contribution < -0.4 is 0 Å². The number of rotatable bonds is 2. The Balaban J connectivity index is 2.62. The number of carbonyl (C=O) groups excluding carboxylic acids is 1. The number of imidazole rings is 1. The van der Waals surface area contributed by atoms with Crippen molar-refractivity contribution in [2.45, 2.75) is 6.54 Å². The van der Waals surface area contributed by atoms with Crippen LogP contribution in [0.5, 0.6) is 0 Å². The molecular formula is C9H7N2O. The highest BCUT2D eigenvalue weighted by Gasteiger charge is 1.98. The Morgan fingerprint density at radius 3 is 3.08 bits per heavy atom. The molecule has 2 aromatic rings. The van der Waals surface area contributed by atoms with Crippen molar-refractivity contribution >= 4 is 17.3 Å². The molecule has 0 saturated heterocycles. The van der Waals surface area contributed by atoms with Gasteiger partial charge < -0.3 is 4.57 Å². The van der Waals surface area contributed by atoms with Gasteiger partial charge in [-0.2, -0.15) is 0 Å². The predicted molar refractivity (Wildman–Crippen MR) is 45.4 cm³/mol. The van der Waals surface area contributed by atoms with E-state index in [0.717, 1.165) is 11.0 Å². The third kappa shape index (κ3) is 0.993. The fourth-order valence-corrected chi connectivity index (χ4v) is 1.21. The summed E-state index contributed by atoms with van der Waals surface area (Å²) >= 11 is 0. The maximum Gasteiger partial charge on any atom is 0.219 e. The Labute approximate surface area is 69.6 Å². The Morgan fingerprint density at radius 1 is 1.42 bits per heavy atom. The zero-order valence-corrected chi connectivity index (χ0v) is 6.40. The van der Waals surface area contributed by atoms with Crippen LogP contribution >= 0.6 is 0 Å². The van der Waals surface area contributed by atoms with Gasteiger partial charge in [-0.1, -0.05) is 12.1 Å². The normalized spacial score (nSPS) is 10.3. The van der Waals surface area contributed by atoms with Gasteiger partial charge in [-0.15, -0.1) is 0 Å². The molecule has 0 bridgehead atoms. The maximum absolute atomic E-state index is 10.1. The summed E-state index contributed by atoms with van der Waals surface area (Å²) in [6.45, 7) is 0.251. The van der Waals surface area contributed by atoms with Crippen LogP contribution in [0.4, 0.5) is 0 Å². The van der Waals surface area contributed by atoms with Gasteiger partial charge in [-0.25, -0.2) is 4.98 Å². The molecule has 0 aliphatic rings. The minimum absolute atomic E-state index is 0.251. The van der Waals surface area contributed by atoms with Gasteiger partial charge in [0.25, 0.3) is 0 Å². The van der Waals surface area contributed by atoms with E-state index >= 15 is 0 Å². The van der Waals surface area contributed by atoms with E-state index in [1.54, 1.807) is 10.9 Å². The van der Waals surface area contributed by atoms with Crippen molar-refractivity contribution in [2.75, 3.05) is 0 Å². The Bertz CT molecular complexity index is 406. The van der Waals surface area contributed by atoms with Crippen molar-refractivity contribution in [2.24, 2.45) is 0 Å². The van der Waals surface area contributed by atoms with Gasteiger partial charge in [-0.05, 0) is 12.1 Å². The molecule has 0 spiro atoms. The van der Waals surface area contributed by atoms with Crippen molar-refractivity contribution in [3.8, 4) is 0 Å². The van der Waals surface area contributed by atoms with Crippen LogP contribution in [-0.4, -0.2) is 15.8 Å². The van der Waals surface area contributed by atoms with E-state index in [4.69, 9.17) is 0 Å². The lowest BCUT2D eigenvalue weighted by molar-refractivity contribution is 0.546. The van der Waals surface area contributed by atoms with Crippen LogP contribution in [0.1, 0.15) is 0 Å². The van der Waals surface area contributed by atoms with Crippen molar-refractivity contribution in [1.29, 1.82) is 0 Å². The first-order valence-electron chi connectivity index (χ1n) is 3.66. The zero-order chi connectivity index (χ0) is 8.39. The molecule has 0 atom stereocenters. The SMILES string of the molecule is O=[C]Cn1cnc2ccccc21. The number of hydrogen-bond donors (Lipinski definition) is 0. The summed E-state index contributed by atoms with van der Waals surface area (Å²) in [7, 11) is 0. The molecule has 1 heterocycles. The molecule has 1 aromatic carbocycles. The fourth-order valence-electron chi connectivity index (χ4n) is 1.21. The Kier molecular flexibility index (Phi) is 1.63. The van der Waals surface area contributed by atoms with E-state index in [9.17, 15) is 4.79 Å². The molecule has 12 heavy (non-hydrogen) atoms. The summed E-state index contributed by atoms with van der Waals surface area (Å²) in [6.07, 6.45) is 3.48. The van der Waals surface area contributed by atoms with Gasteiger partial charge in [0.2, 0.25) is 6.29 Å². The number of nitrogens with zero attached hydrogens (tertiary/aromatic N) is 2. The number of hydrogen-bond acceptors (Lipinski definition) is 2. The highest BCUT2D eigenvalue weighted by atomic mass is 16.1. The highest BCUT2D eigenvalue weighted by Crippen LogP contribution is 2.10. The summed E-state index contributed by atoms with van der Waals surface area (Å²) in [6, 6.07) is 7.69. The van der Waals surface area contributed by atoms with Crippen molar-refractivity contribution in [1.82, 2.24) is 9.55 Å². The molecule has 0 fully saturated rings. The van der Waals surface area contributed by atoms with Crippen LogP contribution in [0.2, 0.25) is 0 Å². The summed E-state index contributed by atoms with van der Waals surface area (Å²) in [5.74, 6) is 0. The van der Waals surface area contributed by atoms with Gasteiger partial charge in [0.05, 0.1) is 23.9 Å². The van der Waals surface area contributed by atoms with Crippen molar-refractivity contribution in [3.05, 3.63) is 30.6 Å². The second-order valence-electron chi connectivity index (χ2n) is 2.51. The molecule has 2 rings (SSSR count). The largest absolute Gasteiger partial charge is 0.323 e. The first-order chi connectivity index (χ1) is 5.92. The predicted octanol–water partition coefficient (Wildman–Crippen LogP) is 1.15. The highest BCUT2D eigenvalue weighted by molar-refractivity contribution is 5.75. The molecule has 3 nitrogen and oxygen atoms in total. The zero-order valence-electron chi connectivity index (χ0n) is 6.40. The molecule has 0 aliphatic heterocycles. The summed E-state index contributed by atoms with van der Waals surface area (Å²) in [4.78, 5) is 14.3. The molecule has 0 N–H and O–H groups in total. The van der Waals surface area contributed by atoms with Gasteiger partial charge in [0.1, 0.15) is 0 Å². The van der Waals surface area contributed by atoms with Gasteiger partial charge in [0.15, 0.2) is 0 Å². The lowest BCUT2D eigenvalue weighted by Gasteiger charge is -1.94. The number of benzene rings is 1. The smallest absolute Gasteiger partial charge is 0.219 e. The summed E-state index contributed by atoms with van der Waals surface area (Å²) in [5, 5.41) is 0. The van der Waals surface area contributed by atoms with E-state index < -0.39 is 0 Å². The van der Waals surface area contributed by atoms with E-state index in [-0.39, 0.29) is 6.54 Å². The first kappa shape index (κ1) is 7.03. The van der Waals surface area contributed by atoms with Crippen LogP contribution in [0, 0.1) is 0 Å². The maximum atomic E-state index is 10.1. The molecule has 59 valence electrons. The van der Waals surface area contributed by atoms with Crippen LogP contribution in [0.15, 0.2) is 30.6 Å². The average molecular weight is 159 g/mol. The van der Waals surface area contributed by atoms with Gasteiger partial charge >= 0.3 is 0 Å². The second-order valence-corrected chi connectivity index (χ2v) is 2.51. The van der Waals surface area contributed by atoms with E-state index in [2.05, 4.69) is 4.98 Å². The molecule has 3 heteroatoms. The quantitative estimate of drug-likeness (QED) is 0.658. The summed E-state index contributed by atoms with van der Waals surface area (Å²) < 4.78 is 1.77. The van der Waals surface area contributed by atoms with Crippen molar-refractivity contribution in [3.63, 3.8) is 0 Å². The Morgan fingerprint density at radius 2 is 2.25 bits per heavy atom. The number of para-hydroxylation sites is 2. The first-order valence-corrected chi connectivity index (χ1v) is 3.66. The Hall–Kier alpha value is -1.64. The minimum atomic E-state index is 0.251. The topological polar surface area (TPSA) is 34.9 Å². The second kappa shape index (κ2) is 2.77. The molecule has 1 radical (unpaired) electrons. The number of fused-ring (bicyclic) bond motifs is 1. The van der Waals surface area contributed by atoms with Crippen LogP contribution in [0.25, 0.3) is 11.0 Å². The monoisotopic (exact) mass is 159 g/mol. The lowest BCUT2D eigenvalue weighted by atomic mass is 10.3. The molecule has 0 unspecified atom stereocenters. The summed E-state index contributed by atoms with van der Waals surface area (Å²) in [5.41, 5.74) is 1.88. The standard InChI is InChI=1S/C9H7N2O/c12-6-5-11-7-10-8-3-1-2-4-9(8)11/h1-4,7H,5H2. The van der Waals surface area contributed by atoms with Crippen LogP contribution in [0.3, 0.4) is 0 Å². The number of aromatic nitrogens is 2. The molecule has 0 amide bonds. The van der Waals surface area contributed by atoms with Crippen LogP contribution in [-0.2, 0) is 11.3 Å². The molecular weight excluding hydrogens is 152 g/mol. The van der Waals surface area contributed by atoms with Crippen molar-refractivity contribution < 1.29 is 4.79 Å². The molecule has 0 saturated carbocycles. The average Bonchev–Trinajstić information content (AvgIpc) is 2.50. The van der Waals surface area contributed by atoms with Gasteiger partial charge in [0, 0.05) is 0 Å². The lowest BCUT2D eigenvalue weighted by Crippen LogP contribution is -1.95.